The van der Waals surface area contributed by atoms with Crippen molar-refractivity contribution < 1.29 is 18.7 Å². The Hall–Kier alpha value is -3.32. The van der Waals surface area contributed by atoms with Crippen LogP contribution in [0.5, 0.6) is 11.5 Å². The molecule has 0 bridgehead atoms. The molecule has 1 N–H and O–H groups in total. The maximum atomic E-state index is 13.0. The molecule has 0 fully saturated rings. The van der Waals surface area contributed by atoms with Gasteiger partial charge in [0.05, 0.1) is 17.0 Å². The summed E-state index contributed by atoms with van der Waals surface area (Å²) in [5.74, 6) is 0.445. The van der Waals surface area contributed by atoms with Gasteiger partial charge >= 0.3 is 0 Å². The molecule has 0 aliphatic carbocycles. The van der Waals surface area contributed by atoms with Crippen LogP contribution in [0.25, 0.3) is 0 Å². The number of ether oxygens (including phenoxy) is 1. The van der Waals surface area contributed by atoms with Crippen molar-refractivity contribution in [3.05, 3.63) is 77.6 Å². The molecule has 0 atom stereocenters. The highest BCUT2D eigenvalue weighted by molar-refractivity contribution is 8.00. The van der Waals surface area contributed by atoms with Crippen molar-refractivity contribution in [3.63, 3.8) is 0 Å². The number of nitrogens with one attached hydrogen (secondary N) is 1. The molecule has 4 rings (SSSR count). The first-order valence-corrected chi connectivity index (χ1v) is 10.3. The number of aryl methyl sites for hydroxylation is 1. The molecule has 5 nitrogen and oxygen atoms in total. The van der Waals surface area contributed by atoms with Gasteiger partial charge in [0.1, 0.15) is 11.6 Å². The van der Waals surface area contributed by atoms with Crippen molar-refractivity contribution in [2.45, 2.75) is 11.8 Å². The van der Waals surface area contributed by atoms with E-state index >= 15 is 0 Å². The molecule has 3 aromatic carbocycles. The van der Waals surface area contributed by atoms with Crippen LogP contribution < -0.4 is 15.0 Å². The second-order valence-corrected chi connectivity index (χ2v) is 7.99. The number of hydrogen-bond acceptors (Lipinski definition) is 4. The van der Waals surface area contributed by atoms with Crippen LogP contribution in [0.3, 0.4) is 0 Å². The van der Waals surface area contributed by atoms with Crippen molar-refractivity contribution in [2.24, 2.45) is 0 Å². The molecule has 7 heteroatoms. The number of thioether (sulfide) groups is 1. The largest absolute Gasteiger partial charge is 0.454 e. The Kier molecular flexibility index (Phi) is 5.46. The molecular weight excluding hydrogens is 403 g/mol. The second-order valence-electron chi connectivity index (χ2n) is 6.94. The molecule has 0 saturated heterocycles. The maximum absolute atomic E-state index is 13.0. The minimum atomic E-state index is -0.317. The van der Waals surface area contributed by atoms with Gasteiger partial charge in [-0.15, -0.1) is 11.8 Å². The average Bonchev–Trinajstić information content (AvgIpc) is 2.83. The highest BCUT2D eigenvalue weighted by Crippen LogP contribution is 2.39. The molecule has 30 heavy (non-hydrogen) atoms. The lowest BCUT2D eigenvalue weighted by Crippen LogP contribution is -2.25. The third-order valence-electron chi connectivity index (χ3n) is 4.68. The van der Waals surface area contributed by atoms with Gasteiger partial charge in [-0.1, -0.05) is 6.07 Å². The van der Waals surface area contributed by atoms with Gasteiger partial charge in [0.25, 0.3) is 5.91 Å². The fraction of sp³-hybridized carbons (Fsp3) is 0.130. The Labute approximate surface area is 177 Å². The third-order valence-corrected chi connectivity index (χ3v) is 5.69. The van der Waals surface area contributed by atoms with Crippen molar-refractivity contribution in [2.75, 3.05) is 23.0 Å². The highest BCUT2D eigenvalue weighted by Gasteiger charge is 2.26. The van der Waals surface area contributed by atoms with Crippen LogP contribution >= 0.6 is 11.8 Å². The Morgan fingerprint density at radius 3 is 2.57 bits per heavy atom. The number of hydrogen-bond donors (Lipinski definition) is 1. The zero-order chi connectivity index (χ0) is 21.3. The Morgan fingerprint density at radius 2 is 1.80 bits per heavy atom. The predicted molar refractivity (Wildman–Crippen MR) is 116 cm³/mol. The van der Waals surface area contributed by atoms with Gasteiger partial charge in [0, 0.05) is 17.6 Å². The van der Waals surface area contributed by atoms with E-state index in [-0.39, 0.29) is 23.4 Å². The molecule has 1 heterocycles. The molecule has 1 aliphatic heterocycles. The first-order chi connectivity index (χ1) is 14.4. The molecule has 2 amide bonds. The zero-order valence-corrected chi connectivity index (χ0v) is 17.3. The van der Waals surface area contributed by atoms with Gasteiger partial charge in [-0.3, -0.25) is 9.59 Å². The van der Waals surface area contributed by atoms with E-state index in [1.54, 1.807) is 42.3 Å². The second kappa shape index (κ2) is 8.20. The number of anilines is 2. The van der Waals surface area contributed by atoms with E-state index in [1.807, 2.05) is 25.1 Å². The maximum Gasteiger partial charge on any atom is 0.261 e. The number of fused-ring (bicyclic) bond motifs is 2. The van der Waals surface area contributed by atoms with Crippen molar-refractivity contribution in [3.8, 4) is 11.5 Å². The van der Waals surface area contributed by atoms with E-state index in [0.717, 1.165) is 10.5 Å². The quantitative estimate of drug-likeness (QED) is 0.584. The van der Waals surface area contributed by atoms with E-state index in [2.05, 4.69) is 5.32 Å². The third kappa shape index (κ3) is 4.16. The Morgan fingerprint density at radius 1 is 1.07 bits per heavy atom. The van der Waals surface area contributed by atoms with Gasteiger partial charge < -0.3 is 15.0 Å². The minimum Gasteiger partial charge on any atom is -0.454 e. The molecule has 0 radical (unpaired) electrons. The van der Waals surface area contributed by atoms with E-state index < -0.39 is 0 Å². The lowest BCUT2D eigenvalue weighted by Gasteiger charge is -2.16. The highest BCUT2D eigenvalue weighted by atomic mass is 32.2. The standard InChI is InChI=1S/C23H19FN2O3S/c1-14-3-9-21-19(11-14)26(2)23(28)18-12-16(6-10-20(18)29-21)25-22(27)13-30-17-7-4-15(24)5-8-17/h3-12H,13H2,1-2H3,(H,25,27). The van der Waals surface area contributed by atoms with Crippen molar-refractivity contribution in [1.82, 2.24) is 0 Å². The van der Waals surface area contributed by atoms with Crippen molar-refractivity contribution in [1.29, 1.82) is 0 Å². The van der Waals surface area contributed by atoms with Crippen LogP contribution in [-0.2, 0) is 4.79 Å². The average molecular weight is 422 g/mol. The summed E-state index contributed by atoms with van der Waals surface area (Å²) in [7, 11) is 1.70. The molecule has 0 spiro atoms. The number of rotatable bonds is 4. The number of halogens is 1. The molecule has 0 unspecified atom stereocenters. The Balaban J connectivity index is 1.50. The van der Waals surface area contributed by atoms with E-state index in [9.17, 15) is 14.0 Å². The zero-order valence-electron chi connectivity index (χ0n) is 16.4. The fourth-order valence-corrected chi connectivity index (χ4v) is 3.82. The molecule has 3 aromatic rings. The lowest BCUT2D eigenvalue weighted by atomic mass is 10.1. The minimum absolute atomic E-state index is 0.164. The summed E-state index contributed by atoms with van der Waals surface area (Å²) in [6.45, 7) is 1.95. The normalized spacial score (nSPS) is 12.5. The summed E-state index contributed by atoms with van der Waals surface area (Å²) in [5, 5.41) is 2.80. The van der Waals surface area contributed by atoms with Gasteiger partial charge in [0.2, 0.25) is 5.91 Å². The van der Waals surface area contributed by atoms with E-state index in [4.69, 9.17) is 4.74 Å². The first kappa shape index (κ1) is 20.0. The van der Waals surface area contributed by atoms with Crippen LogP contribution in [0.2, 0.25) is 0 Å². The van der Waals surface area contributed by atoms with E-state index in [1.165, 1.54) is 23.9 Å². The number of nitrogens with zero attached hydrogens (tertiary/aromatic N) is 1. The summed E-state index contributed by atoms with van der Waals surface area (Å²) < 4.78 is 18.9. The molecular formula is C23H19FN2O3S. The molecule has 0 aromatic heterocycles. The van der Waals surface area contributed by atoms with Gasteiger partial charge in [-0.25, -0.2) is 4.39 Å². The smallest absolute Gasteiger partial charge is 0.261 e. The van der Waals surface area contributed by atoms with Crippen LogP contribution in [-0.4, -0.2) is 24.6 Å². The van der Waals surface area contributed by atoms with Crippen molar-refractivity contribution >= 4 is 35.0 Å². The van der Waals surface area contributed by atoms with Gasteiger partial charge in [-0.2, -0.15) is 0 Å². The monoisotopic (exact) mass is 422 g/mol. The summed E-state index contributed by atoms with van der Waals surface area (Å²) in [5.41, 5.74) is 2.59. The lowest BCUT2D eigenvalue weighted by molar-refractivity contribution is -0.113. The fourth-order valence-electron chi connectivity index (χ4n) is 3.13. The van der Waals surface area contributed by atoms with Crippen LogP contribution in [0.1, 0.15) is 15.9 Å². The summed E-state index contributed by atoms with van der Waals surface area (Å²) in [4.78, 5) is 27.6. The van der Waals surface area contributed by atoms with Crippen LogP contribution in [0.15, 0.2) is 65.6 Å². The number of amides is 2. The van der Waals surface area contributed by atoms with E-state index in [0.29, 0.717) is 28.4 Å². The summed E-state index contributed by atoms with van der Waals surface area (Å²) in [6.07, 6.45) is 0. The first-order valence-electron chi connectivity index (χ1n) is 9.29. The van der Waals surface area contributed by atoms with Gasteiger partial charge in [0.15, 0.2) is 5.75 Å². The Bertz CT molecular complexity index is 1130. The van der Waals surface area contributed by atoms with Crippen LogP contribution in [0, 0.1) is 12.7 Å². The van der Waals surface area contributed by atoms with Crippen LogP contribution in [0.4, 0.5) is 15.8 Å². The predicted octanol–water partition coefficient (Wildman–Crippen LogP) is 5.25. The summed E-state index contributed by atoms with van der Waals surface area (Å²) in [6, 6.07) is 16.6. The molecule has 1 aliphatic rings. The summed E-state index contributed by atoms with van der Waals surface area (Å²) >= 11 is 1.30. The molecule has 152 valence electrons. The SMILES string of the molecule is Cc1ccc2c(c1)N(C)C(=O)c1cc(NC(=O)CSc3ccc(F)cc3)ccc1O2. The topological polar surface area (TPSA) is 58.6 Å². The number of benzene rings is 3. The number of carbonyl (C=O) groups is 2. The molecule has 0 saturated carbocycles. The van der Waals surface area contributed by atoms with Gasteiger partial charge in [-0.05, 0) is 67.1 Å². The number of carbonyl (C=O) groups excluding carboxylic acids is 2.